The van der Waals surface area contributed by atoms with Crippen LogP contribution in [-0.4, -0.2) is 5.11 Å². The monoisotopic (exact) mass is 280 g/mol. The third kappa shape index (κ3) is 2.54. The summed E-state index contributed by atoms with van der Waals surface area (Å²) < 4.78 is 0. The van der Waals surface area contributed by atoms with Gasteiger partial charge < -0.3 is 5.11 Å². The number of hydrogen-bond acceptors (Lipinski definition) is 1. The van der Waals surface area contributed by atoms with E-state index in [9.17, 15) is 5.11 Å². The maximum atomic E-state index is 9.32. The molecule has 0 aliphatic heterocycles. The minimum atomic E-state index is 0.265. The molecule has 3 aromatic carbocycles. The number of phenols is 1. The van der Waals surface area contributed by atoms with Gasteiger partial charge in [0.15, 0.2) is 0 Å². The van der Waals surface area contributed by atoms with Crippen LogP contribution in [0.2, 0.25) is 5.02 Å². The highest BCUT2D eigenvalue weighted by molar-refractivity contribution is 6.33. The van der Waals surface area contributed by atoms with Crippen molar-refractivity contribution in [2.75, 3.05) is 0 Å². The second-order valence-corrected chi connectivity index (χ2v) is 5.01. The summed E-state index contributed by atoms with van der Waals surface area (Å²) in [7, 11) is 0. The highest BCUT2D eigenvalue weighted by atomic mass is 35.5. The first-order valence-corrected chi connectivity index (χ1v) is 6.76. The number of phenolic OH excluding ortho intramolecular Hbond substituents is 1. The van der Waals surface area contributed by atoms with Gasteiger partial charge in [-0.2, -0.15) is 0 Å². The van der Waals surface area contributed by atoms with Crippen molar-refractivity contribution in [3.63, 3.8) is 0 Å². The Morgan fingerprint density at radius 3 is 1.95 bits per heavy atom. The fourth-order valence-corrected chi connectivity index (χ4v) is 2.49. The molecule has 0 fully saturated rings. The average Bonchev–Trinajstić information content (AvgIpc) is 2.49. The molecule has 3 aromatic rings. The lowest BCUT2D eigenvalue weighted by Crippen LogP contribution is -1.82. The second kappa shape index (κ2) is 5.40. The Bertz CT molecular complexity index is 718. The van der Waals surface area contributed by atoms with Gasteiger partial charge in [0.05, 0.1) is 0 Å². The van der Waals surface area contributed by atoms with Gasteiger partial charge in [-0.3, -0.25) is 0 Å². The fourth-order valence-electron chi connectivity index (χ4n) is 2.20. The quantitative estimate of drug-likeness (QED) is 0.668. The Labute approximate surface area is 123 Å². The molecule has 1 N–H and O–H groups in total. The van der Waals surface area contributed by atoms with Crippen LogP contribution in [0.5, 0.6) is 5.75 Å². The minimum Gasteiger partial charge on any atom is -0.508 e. The standard InChI is InChI=1S/C18H13ClO/c19-18-12-15(13-6-9-16(20)10-7-13)8-11-17(18)14-4-2-1-3-5-14/h1-12,20H. The molecule has 0 saturated heterocycles. The Balaban J connectivity index is 2.01. The summed E-state index contributed by atoms with van der Waals surface area (Å²) >= 11 is 6.40. The zero-order chi connectivity index (χ0) is 13.9. The van der Waals surface area contributed by atoms with Crippen LogP contribution in [0, 0.1) is 0 Å². The molecule has 0 spiro atoms. The zero-order valence-corrected chi connectivity index (χ0v) is 11.5. The van der Waals surface area contributed by atoms with Gasteiger partial charge in [-0.1, -0.05) is 66.2 Å². The Morgan fingerprint density at radius 1 is 0.650 bits per heavy atom. The molecule has 0 saturated carbocycles. The largest absolute Gasteiger partial charge is 0.508 e. The van der Waals surface area contributed by atoms with Crippen LogP contribution in [0.25, 0.3) is 22.3 Å². The molecule has 0 radical (unpaired) electrons. The molecular formula is C18H13ClO. The van der Waals surface area contributed by atoms with E-state index in [2.05, 4.69) is 0 Å². The molecule has 0 aliphatic carbocycles. The first-order valence-electron chi connectivity index (χ1n) is 6.38. The Morgan fingerprint density at radius 2 is 1.30 bits per heavy atom. The predicted molar refractivity (Wildman–Crippen MR) is 84.0 cm³/mol. The number of hydrogen-bond donors (Lipinski definition) is 1. The van der Waals surface area contributed by atoms with Gasteiger partial charge >= 0.3 is 0 Å². The highest BCUT2D eigenvalue weighted by Crippen LogP contribution is 2.32. The Kier molecular flexibility index (Phi) is 3.44. The van der Waals surface area contributed by atoms with Crippen LogP contribution < -0.4 is 0 Å². The first kappa shape index (κ1) is 12.8. The van der Waals surface area contributed by atoms with E-state index in [-0.39, 0.29) is 5.75 Å². The molecule has 0 bridgehead atoms. The normalized spacial score (nSPS) is 10.4. The van der Waals surface area contributed by atoms with Gasteiger partial charge in [-0.05, 0) is 34.9 Å². The van der Waals surface area contributed by atoms with E-state index < -0.39 is 0 Å². The minimum absolute atomic E-state index is 0.265. The van der Waals surface area contributed by atoms with Crippen molar-refractivity contribution in [3.8, 4) is 28.0 Å². The SMILES string of the molecule is Oc1ccc(-c2ccc(-c3ccccc3)c(Cl)c2)cc1. The van der Waals surface area contributed by atoms with Crippen molar-refractivity contribution >= 4 is 11.6 Å². The number of benzene rings is 3. The van der Waals surface area contributed by atoms with Crippen molar-refractivity contribution in [1.29, 1.82) is 0 Å². The van der Waals surface area contributed by atoms with Crippen molar-refractivity contribution in [2.45, 2.75) is 0 Å². The summed E-state index contributed by atoms with van der Waals surface area (Å²) in [5.41, 5.74) is 4.20. The van der Waals surface area contributed by atoms with Crippen LogP contribution in [0.3, 0.4) is 0 Å². The molecule has 0 aliphatic rings. The van der Waals surface area contributed by atoms with Crippen molar-refractivity contribution in [3.05, 3.63) is 77.8 Å². The smallest absolute Gasteiger partial charge is 0.115 e. The van der Waals surface area contributed by atoms with E-state index in [0.29, 0.717) is 0 Å². The van der Waals surface area contributed by atoms with Gasteiger partial charge in [-0.25, -0.2) is 0 Å². The van der Waals surface area contributed by atoms with Gasteiger partial charge in [0.25, 0.3) is 0 Å². The predicted octanol–water partition coefficient (Wildman–Crippen LogP) is 5.38. The van der Waals surface area contributed by atoms with Crippen LogP contribution in [0.1, 0.15) is 0 Å². The van der Waals surface area contributed by atoms with Gasteiger partial charge in [0.2, 0.25) is 0 Å². The summed E-state index contributed by atoms with van der Waals surface area (Å²) in [6.45, 7) is 0. The van der Waals surface area contributed by atoms with Crippen molar-refractivity contribution < 1.29 is 5.11 Å². The van der Waals surface area contributed by atoms with E-state index in [1.54, 1.807) is 12.1 Å². The molecule has 3 rings (SSSR count). The van der Waals surface area contributed by atoms with Gasteiger partial charge in [-0.15, -0.1) is 0 Å². The molecule has 0 atom stereocenters. The van der Waals surface area contributed by atoms with E-state index in [1.165, 1.54) is 0 Å². The maximum absolute atomic E-state index is 9.32. The molecule has 0 aromatic heterocycles. The molecule has 0 heterocycles. The highest BCUT2D eigenvalue weighted by Gasteiger charge is 2.05. The fraction of sp³-hybridized carbons (Fsp3) is 0. The van der Waals surface area contributed by atoms with E-state index in [4.69, 9.17) is 11.6 Å². The Hall–Kier alpha value is -2.25. The van der Waals surface area contributed by atoms with Crippen LogP contribution >= 0.6 is 11.6 Å². The van der Waals surface area contributed by atoms with Crippen LogP contribution in [0.15, 0.2) is 72.8 Å². The molecule has 98 valence electrons. The van der Waals surface area contributed by atoms with E-state index >= 15 is 0 Å². The first-order chi connectivity index (χ1) is 9.74. The van der Waals surface area contributed by atoms with Gasteiger partial charge in [0.1, 0.15) is 5.75 Å². The third-order valence-electron chi connectivity index (χ3n) is 3.25. The number of halogens is 1. The molecule has 20 heavy (non-hydrogen) atoms. The summed E-state index contributed by atoms with van der Waals surface area (Å²) in [6.07, 6.45) is 0. The summed E-state index contributed by atoms with van der Waals surface area (Å²) in [5, 5.41) is 10.0. The van der Waals surface area contributed by atoms with Crippen LogP contribution in [0.4, 0.5) is 0 Å². The molecule has 0 unspecified atom stereocenters. The molecule has 1 nitrogen and oxygen atoms in total. The maximum Gasteiger partial charge on any atom is 0.115 e. The van der Waals surface area contributed by atoms with Crippen LogP contribution in [-0.2, 0) is 0 Å². The molecule has 0 amide bonds. The van der Waals surface area contributed by atoms with E-state index in [0.717, 1.165) is 27.3 Å². The summed E-state index contributed by atoms with van der Waals surface area (Å²) in [4.78, 5) is 0. The average molecular weight is 281 g/mol. The third-order valence-corrected chi connectivity index (χ3v) is 3.57. The summed E-state index contributed by atoms with van der Waals surface area (Å²) in [5.74, 6) is 0.265. The second-order valence-electron chi connectivity index (χ2n) is 4.61. The van der Waals surface area contributed by atoms with Crippen molar-refractivity contribution in [1.82, 2.24) is 0 Å². The summed E-state index contributed by atoms with van der Waals surface area (Å²) in [6, 6.07) is 23.2. The molecular weight excluding hydrogens is 268 g/mol. The van der Waals surface area contributed by atoms with Crippen molar-refractivity contribution in [2.24, 2.45) is 0 Å². The zero-order valence-electron chi connectivity index (χ0n) is 10.8. The lowest BCUT2D eigenvalue weighted by molar-refractivity contribution is 0.475. The molecule has 2 heteroatoms. The lowest BCUT2D eigenvalue weighted by atomic mass is 10.0. The number of aromatic hydroxyl groups is 1. The number of rotatable bonds is 2. The lowest BCUT2D eigenvalue weighted by Gasteiger charge is -2.08. The van der Waals surface area contributed by atoms with E-state index in [1.807, 2.05) is 60.7 Å². The van der Waals surface area contributed by atoms with Gasteiger partial charge in [0, 0.05) is 10.6 Å². The topological polar surface area (TPSA) is 20.2 Å².